The Kier molecular flexibility index (Phi) is 9.72. The Balaban J connectivity index is 1.16. The molecule has 9 heteroatoms. The fourth-order valence-electron chi connectivity index (χ4n) is 6.89. The number of ether oxygens (including phenoxy) is 1. The molecule has 1 spiro atoms. The number of hydrogen-bond donors (Lipinski definition) is 3. The molecule has 3 fully saturated rings. The molecule has 2 amide bonds. The summed E-state index contributed by atoms with van der Waals surface area (Å²) in [6, 6.07) is 14.0. The molecule has 2 aromatic carbocycles. The fraction of sp³-hybridized carbons (Fsp3) is 0.559. The van der Waals surface area contributed by atoms with Crippen LogP contribution in [-0.4, -0.2) is 74.6 Å². The first-order valence-electron chi connectivity index (χ1n) is 15.8. The van der Waals surface area contributed by atoms with Crippen LogP contribution in [0.4, 0.5) is 0 Å². The van der Waals surface area contributed by atoms with Crippen LogP contribution < -0.4 is 10.1 Å². The molecule has 1 atom stereocenters. The zero-order chi connectivity index (χ0) is 30.5. The number of amides is 2. The molecular weight excluding hydrogens is 546 g/mol. The van der Waals surface area contributed by atoms with Gasteiger partial charge in [0.2, 0.25) is 11.8 Å². The number of aromatic carboxylic acids is 1. The zero-order valence-electron chi connectivity index (χ0n) is 25.2. The Hall–Kier alpha value is -3.43. The van der Waals surface area contributed by atoms with E-state index in [-0.39, 0.29) is 17.4 Å². The van der Waals surface area contributed by atoms with Crippen molar-refractivity contribution in [2.45, 2.75) is 101 Å². The number of nitrogens with zero attached hydrogens (tertiary/aromatic N) is 2. The second-order valence-electron chi connectivity index (χ2n) is 12.6. The largest absolute Gasteiger partial charge is 0.489 e. The smallest absolute Gasteiger partial charge is 0.335 e. The maximum absolute atomic E-state index is 13.8. The van der Waals surface area contributed by atoms with E-state index in [1.165, 1.54) is 0 Å². The number of nitrogens with one attached hydrogen (secondary N) is 1. The molecule has 2 heterocycles. The number of aliphatic hydroxyl groups is 1. The van der Waals surface area contributed by atoms with E-state index < -0.39 is 23.2 Å². The first-order valence-corrected chi connectivity index (χ1v) is 15.8. The van der Waals surface area contributed by atoms with Gasteiger partial charge in [-0.25, -0.2) is 4.79 Å². The summed E-state index contributed by atoms with van der Waals surface area (Å²) in [6.45, 7) is 5.19. The van der Waals surface area contributed by atoms with E-state index in [9.17, 15) is 19.5 Å². The van der Waals surface area contributed by atoms with Gasteiger partial charge in [-0.1, -0.05) is 56.9 Å². The van der Waals surface area contributed by atoms with E-state index in [4.69, 9.17) is 9.84 Å². The quantitative estimate of drug-likeness (QED) is 0.352. The second kappa shape index (κ2) is 13.5. The van der Waals surface area contributed by atoms with Crippen molar-refractivity contribution in [3.05, 3.63) is 65.2 Å². The standard InChI is InChI=1S/C34H45N3O6/c1-2-3-19-37-30(38)29(22-33(42)15-5-4-6-16-33)35-32(41)34(37)17-20-36(21-18-34)23-25-9-13-28(14-10-25)43-24-26-7-11-27(12-8-26)31(39)40/h7-14,29,42H,2-6,15-24H2,1H3,(H,35,41)(H,39,40)/t29-/m1/s1. The van der Waals surface area contributed by atoms with Crippen LogP contribution in [0.5, 0.6) is 5.75 Å². The number of carbonyl (C=O) groups excluding carboxylic acids is 2. The van der Waals surface area contributed by atoms with E-state index in [1.807, 2.05) is 29.2 Å². The number of benzene rings is 2. The van der Waals surface area contributed by atoms with Crippen molar-refractivity contribution in [3.8, 4) is 5.75 Å². The van der Waals surface area contributed by atoms with Gasteiger partial charge in [-0.15, -0.1) is 0 Å². The van der Waals surface area contributed by atoms with Gasteiger partial charge in [0, 0.05) is 32.6 Å². The first-order chi connectivity index (χ1) is 20.7. The predicted octanol–water partition coefficient (Wildman–Crippen LogP) is 4.51. The number of hydrogen-bond acceptors (Lipinski definition) is 6. The Morgan fingerprint density at radius 1 is 0.953 bits per heavy atom. The van der Waals surface area contributed by atoms with Crippen LogP contribution in [0.3, 0.4) is 0 Å². The molecule has 0 bridgehead atoms. The van der Waals surface area contributed by atoms with E-state index in [0.717, 1.165) is 55.5 Å². The van der Waals surface area contributed by atoms with Crippen LogP contribution in [0.2, 0.25) is 0 Å². The number of piperazine rings is 1. The van der Waals surface area contributed by atoms with E-state index in [2.05, 4.69) is 17.1 Å². The van der Waals surface area contributed by atoms with Crippen molar-refractivity contribution >= 4 is 17.8 Å². The van der Waals surface area contributed by atoms with Crippen LogP contribution in [0.25, 0.3) is 0 Å². The van der Waals surface area contributed by atoms with E-state index in [1.54, 1.807) is 24.3 Å². The highest BCUT2D eigenvalue weighted by Gasteiger charge is 2.54. The maximum atomic E-state index is 13.8. The minimum absolute atomic E-state index is 0.0334. The van der Waals surface area contributed by atoms with E-state index in [0.29, 0.717) is 58.3 Å². The number of likely N-dealkylation sites (tertiary alicyclic amines) is 1. The number of carbonyl (C=O) groups is 3. The van der Waals surface area contributed by atoms with Gasteiger partial charge < -0.3 is 25.2 Å². The van der Waals surface area contributed by atoms with Crippen molar-refractivity contribution in [2.24, 2.45) is 0 Å². The topological polar surface area (TPSA) is 119 Å². The molecule has 3 N–H and O–H groups in total. The van der Waals surface area contributed by atoms with Crippen molar-refractivity contribution in [1.29, 1.82) is 0 Å². The average molecular weight is 592 g/mol. The van der Waals surface area contributed by atoms with Crippen LogP contribution >= 0.6 is 0 Å². The van der Waals surface area contributed by atoms with Gasteiger partial charge >= 0.3 is 5.97 Å². The molecule has 5 rings (SSSR count). The zero-order valence-corrected chi connectivity index (χ0v) is 25.2. The molecule has 0 unspecified atom stereocenters. The number of carboxylic acids is 1. The normalized spacial score (nSPS) is 21.9. The minimum Gasteiger partial charge on any atom is -0.489 e. The molecule has 0 aromatic heterocycles. The van der Waals surface area contributed by atoms with Crippen LogP contribution in [0.15, 0.2) is 48.5 Å². The highest BCUT2D eigenvalue weighted by atomic mass is 16.5. The van der Waals surface area contributed by atoms with Crippen molar-refractivity contribution in [2.75, 3.05) is 19.6 Å². The molecule has 9 nitrogen and oxygen atoms in total. The minimum atomic E-state index is -0.949. The monoisotopic (exact) mass is 591 g/mol. The summed E-state index contributed by atoms with van der Waals surface area (Å²) in [5.41, 5.74) is 0.589. The van der Waals surface area contributed by atoms with Gasteiger partial charge in [0.1, 0.15) is 23.9 Å². The summed E-state index contributed by atoms with van der Waals surface area (Å²) in [4.78, 5) is 42.8. The first kappa shape index (κ1) is 31.0. The third-order valence-corrected chi connectivity index (χ3v) is 9.53. The number of piperidine rings is 1. The van der Waals surface area contributed by atoms with E-state index >= 15 is 0 Å². The molecule has 232 valence electrons. The highest BCUT2D eigenvalue weighted by molar-refractivity contribution is 6.00. The lowest BCUT2D eigenvalue weighted by molar-refractivity contribution is -0.163. The summed E-state index contributed by atoms with van der Waals surface area (Å²) < 4.78 is 5.88. The average Bonchev–Trinajstić information content (AvgIpc) is 3.01. The predicted molar refractivity (Wildman–Crippen MR) is 163 cm³/mol. The Morgan fingerprint density at radius 2 is 1.60 bits per heavy atom. The van der Waals surface area contributed by atoms with Gasteiger partial charge in [0.05, 0.1) is 11.2 Å². The summed E-state index contributed by atoms with van der Waals surface area (Å²) in [5, 5.41) is 23.2. The molecule has 1 saturated carbocycles. The van der Waals surface area contributed by atoms with Crippen LogP contribution in [0.1, 0.15) is 92.6 Å². The summed E-state index contributed by atoms with van der Waals surface area (Å²) >= 11 is 0. The molecule has 2 aromatic rings. The lowest BCUT2D eigenvalue weighted by Crippen LogP contribution is -2.73. The molecule has 43 heavy (non-hydrogen) atoms. The second-order valence-corrected chi connectivity index (χ2v) is 12.6. The third kappa shape index (κ3) is 7.21. The number of carboxylic acid groups (broad SMARTS) is 1. The molecule has 0 radical (unpaired) electrons. The summed E-state index contributed by atoms with van der Waals surface area (Å²) in [7, 11) is 0. The van der Waals surface area contributed by atoms with Gasteiger partial charge in [-0.3, -0.25) is 14.5 Å². The van der Waals surface area contributed by atoms with Gasteiger partial charge in [-0.05, 0) is 67.5 Å². The van der Waals surface area contributed by atoms with Crippen molar-refractivity contribution in [1.82, 2.24) is 15.1 Å². The molecule has 3 aliphatic rings. The van der Waals surface area contributed by atoms with Crippen LogP contribution in [-0.2, 0) is 22.7 Å². The molecule has 2 saturated heterocycles. The Bertz CT molecular complexity index is 1260. The maximum Gasteiger partial charge on any atom is 0.335 e. The summed E-state index contributed by atoms with van der Waals surface area (Å²) in [6.07, 6.45) is 7.70. The van der Waals surface area contributed by atoms with Gasteiger partial charge in [0.25, 0.3) is 0 Å². The summed E-state index contributed by atoms with van der Waals surface area (Å²) in [5.74, 6) is -0.310. The fourth-order valence-corrected chi connectivity index (χ4v) is 6.89. The van der Waals surface area contributed by atoms with Crippen molar-refractivity contribution in [3.63, 3.8) is 0 Å². The lowest BCUT2D eigenvalue weighted by Gasteiger charge is -2.52. The SMILES string of the molecule is CCCCN1C(=O)[C@@H](CC2(O)CCCCC2)NC(=O)C12CCN(Cc1ccc(OCc3ccc(C(=O)O)cc3)cc1)CC2. The number of unbranched alkanes of at least 4 members (excludes halogenated alkanes) is 1. The van der Waals surface area contributed by atoms with Crippen molar-refractivity contribution < 1.29 is 29.3 Å². The Morgan fingerprint density at radius 3 is 2.23 bits per heavy atom. The highest BCUT2D eigenvalue weighted by Crippen LogP contribution is 2.37. The lowest BCUT2D eigenvalue weighted by atomic mass is 9.77. The van der Waals surface area contributed by atoms with Gasteiger partial charge in [-0.2, -0.15) is 0 Å². The third-order valence-electron chi connectivity index (χ3n) is 9.53. The number of rotatable bonds is 11. The molecular formula is C34H45N3O6. The molecule has 1 aliphatic carbocycles. The Labute approximate surface area is 254 Å². The molecule has 2 aliphatic heterocycles. The van der Waals surface area contributed by atoms with Gasteiger partial charge in [0.15, 0.2) is 0 Å². The van der Waals surface area contributed by atoms with Crippen LogP contribution in [0, 0.1) is 0 Å².